The van der Waals surface area contributed by atoms with E-state index in [1.807, 2.05) is 50.2 Å². The number of allylic oxidation sites excluding steroid dienone is 1. The average molecular weight is 406 g/mol. The number of halogens is 2. The van der Waals surface area contributed by atoms with E-state index in [0.29, 0.717) is 6.54 Å². The van der Waals surface area contributed by atoms with Crippen LogP contribution in [-0.2, 0) is 6.54 Å². The molecule has 0 radical (unpaired) electrons. The minimum atomic E-state index is -0.204. The van der Waals surface area contributed by atoms with Crippen LogP contribution in [0.15, 0.2) is 53.5 Å². The van der Waals surface area contributed by atoms with Crippen LogP contribution in [0, 0.1) is 6.92 Å². The van der Waals surface area contributed by atoms with E-state index < -0.39 is 0 Å². The number of rotatable bonds is 5. The van der Waals surface area contributed by atoms with Gasteiger partial charge in [0.25, 0.3) is 0 Å². The van der Waals surface area contributed by atoms with Crippen molar-refractivity contribution in [1.29, 1.82) is 0 Å². The Kier molecular flexibility index (Phi) is 4.97. The van der Waals surface area contributed by atoms with Crippen LogP contribution in [0.25, 0.3) is 11.0 Å². The zero-order valence-corrected chi connectivity index (χ0v) is 15.9. The Balaban J connectivity index is 1.97. The topological polar surface area (TPSA) is 27.1 Å². The third kappa shape index (κ3) is 3.50. The lowest BCUT2D eigenvalue weighted by atomic mass is 10.2. The summed E-state index contributed by atoms with van der Waals surface area (Å²) in [7, 11) is 0. The van der Waals surface area contributed by atoms with Gasteiger partial charge in [0.1, 0.15) is 5.75 Å². The molecule has 0 amide bonds. The molecule has 0 aliphatic heterocycles. The molecule has 2 aromatic carbocycles. The Bertz CT molecular complexity index is 904. The van der Waals surface area contributed by atoms with E-state index in [9.17, 15) is 0 Å². The fraction of sp³-hybridized carbons (Fsp3) is 0.211. The minimum Gasteiger partial charge on any atom is -0.483 e. The number of benzene rings is 2. The van der Waals surface area contributed by atoms with E-state index in [1.54, 1.807) is 0 Å². The second kappa shape index (κ2) is 6.99. The third-order valence-electron chi connectivity index (χ3n) is 3.82. The monoisotopic (exact) mass is 404 g/mol. The molecule has 0 fully saturated rings. The first-order chi connectivity index (χ1) is 11.5. The van der Waals surface area contributed by atoms with Gasteiger partial charge in [-0.05, 0) is 49.7 Å². The smallest absolute Gasteiger partial charge is 0.153 e. The van der Waals surface area contributed by atoms with Gasteiger partial charge in [-0.1, -0.05) is 46.2 Å². The van der Waals surface area contributed by atoms with Crippen LogP contribution < -0.4 is 4.74 Å². The van der Waals surface area contributed by atoms with Crippen molar-refractivity contribution in [1.82, 2.24) is 9.55 Å². The van der Waals surface area contributed by atoms with Gasteiger partial charge in [0.2, 0.25) is 0 Å². The van der Waals surface area contributed by atoms with E-state index in [2.05, 4.69) is 33.1 Å². The molecule has 0 aliphatic rings. The van der Waals surface area contributed by atoms with E-state index in [1.165, 1.54) is 0 Å². The van der Waals surface area contributed by atoms with E-state index in [0.717, 1.165) is 37.7 Å². The molecule has 1 aromatic heterocycles. The molecule has 0 saturated carbocycles. The van der Waals surface area contributed by atoms with Gasteiger partial charge in [-0.25, -0.2) is 4.98 Å². The quantitative estimate of drug-likeness (QED) is 0.517. The number of fused-ring (bicyclic) bond motifs is 1. The molecule has 5 heteroatoms. The molecule has 0 aliphatic carbocycles. The summed E-state index contributed by atoms with van der Waals surface area (Å²) in [6, 6.07) is 13.7. The lowest BCUT2D eigenvalue weighted by molar-refractivity contribution is 0.212. The summed E-state index contributed by atoms with van der Waals surface area (Å²) >= 11 is 9.53. The molecular formula is C19H18BrClN2O. The van der Waals surface area contributed by atoms with Crippen molar-refractivity contribution in [2.24, 2.45) is 0 Å². The van der Waals surface area contributed by atoms with Crippen LogP contribution in [0.5, 0.6) is 5.75 Å². The summed E-state index contributed by atoms with van der Waals surface area (Å²) in [4.78, 5) is 4.75. The van der Waals surface area contributed by atoms with Gasteiger partial charge in [0, 0.05) is 9.51 Å². The Morgan fingerprint density at radius 1 is 1.33 bits per heavy atom. The van der Waals surface area contributed by atoms with Crippen molar-refractivity contribution in [3.63, 3.8) is 0 Å². The SMILES string of the molecule is C=C(Br)Cn1c(C(C)Oc2ccc(Cl)c(C)c2)nc2ccccc21. The second-order valence-electron chi connectivity index (χ2n) is 5.73. The predicted molar refractivity (Wildman–Crippen MR) is 103 cm³/mol. The van der Waals surface area contributed by atoms with Gasteiger partial charge >= 0.3 is 0 Å². The molecule has 0 bridgehead atoms. The van der Waals surface area contributed by atoms with Crippen LogP contribution in [0.3, 0.4) is 0 Å². The zero-order valence-electron chi connectivity index (χ0n) is 13.6. The first-order valence-electron chi connectivity index (χ1n) is 7.67. The summed E-state index contributed by atoms with van der Waals surface area (Å²) < 4.78 is 9.12. The number of imidazole rings is 1. The van der Waals surface area contributed by atoms with Crippen molar-refractivity contribution < 1.29 is 4.74 Å². The second-order valence-corrected chi connectivity index (χ2v) is 7.26. The highest BCUT2D eigenvalue weighted by atomic mass is 79.9. The van der Waals surface area contributed by atoms with Crippen molar-refractivity contribution in [3.8, 4) is 5.75 Å². The van der Waals surface area contributed by atoms with Gasteiger partial charge in [-0.15, -0.1) is 0 Å². The summed E-state index contributed by atoms with van der Waals surface area (Å²) in [6.07, 6.45) is -0.204. The molecule has 124 valence electrons. The van der Waals surface area contributed by atoms with E-state index in [-0.39, 0.29) is 6.10 Å². The van der Waals surface area contributed by atoms with Crippen molar-refractivity contribution in [2.45, 2.75) is 26.5 Å². The van der Waals surface area contributed by atoms with E-state index >= 15 is 0 Å². The van der Waals surface area contributed by atoms with Gasteiger partial charge in [-0.2, -0.15) is 0 Å². The van der Waals surface area contributed by atoms with Crippen LogP contribution in [0.1, 0.15) is 24.4 Å². The largest absolute Gasteiger partial charge is 0.483 e. The molecule has 3 rings (SSSR count). The fourth-order valence-electron chi connectivity index (χ4n) is 2.69. The number of aromatic nitrogens is 2. The molecule has 24 heavy (non-hydrogen) atoms. The average Bonchev–Trinajstić information content (AvgIpc) is 2.89. The van der Waals surface area contributed by atoms with Gasteiger partial charge in [-0.3, -0.25) is 0 Å². The summed E-state index contributed by atoms with van der Waals surface area (Å²) in [5.74, 6) is 1.64. The summed E-state index contributed by atoms with van der Waals surface area (Å²) in [6.45, 7) is 8.56. The molecule has 3 aromatic rings. The number of hydrogen-bond donors (Lipinski definition) is 0. The molecular weight excluding hydrogens is 388 g/mol. The first kappa shape index (κ1) is 17.1. The normalized spacial score (nSPS) is 12.3. The van der Waals surface area contributed by atoms with Gasteiger partial charge in [0.15, 0.2) is 11.9 Å². The summed E-state index contributed by atoms with van der Waals surface area (Å²) in [5, 5.41) is 0.734. The number of ether oxygens (including phenoxy) is 1. The minimum absolute atomic E-state index is 0.204. The Labute approximate surface area is 155 Å². The van der Waals surface area contributed by atoms with Gasteiger partial charge in [0.05, 0.1) is 17.6 Å². The van der Waals surface area contributed by atoms with Crippen LogP contribution >= 0.6 is 27.5 Å². The van der Waals surface area contributed by atoms with Crippen LogP contribution in [0.4, 0.5) is 0 Å². The predicted octanol–water partition coefficient (Wildman–Crippen LogP) is 6.05. The molecule has 0 N–H and O–H groups in total. The molecule has 3 nitrogen and oxygen atoms in total. The van der Waals surface area contributed by atoms with Crippen molar-refractivity contribution >= 4 is 38.6 Å². The van der Waals surface area contributed by atoms with Crippen LogP contribution in [0.2, 0.25) is 5.02 Å². The molecule has 1 unspecified atom stereocenters. The van der Waals surface area contributed by atoms with Gasteiger partial charge < -0.3 is 9.30 Å². The molecule has 1 atom stereocenters. The standard InChI is InChI=1S/C19H18BrClN2O/c1-12-10-15(8-9-16(12)21)24-14(3)19-22-17-6-4-5-7-18(17)23(19)11-13(2)20/h4-10,14H,2,11H2,1,3H3. The van der Waals surface area contributed by atoms with E-state index in [4.69, 9.17) is 21.3 Å². The highest BCUT2D eigenvalue weighted by Crippen LogP contribution is 2.28. The highest BCUT2D eigenvalue weighted by molar-refractivity contribution is 9.11. The highest BCUT2D eigenvalue weighted by Gasteiger charge is 2.18. The maximum atomic E-state index is 6.10. The third-order valence-corrected chi connectivity index (χ3v) is 4.49. The zero-order chi connectivity index (χ0) is 17.3. The van der Waals surface area contributed by atoms with Crippen molar-refractivity contribution in [2.75, 3.05) is 0 Å². The number of aryl methyl sites for hydroxylation is 1. The summed E-state index contributed by atoms with van der Waals surface area (Å²) in [5.41, 5.74) is 3.00. The number of nitrogens with zero attached hydrogens (tertiary/aromatic N) is 2. The number of hydrogen-bond acceptors (Lipinski definition) is 2. The Morgan fingerprint density at radius 2 is 2.08 bits per heavy atom. The van der Waals surface area contributed by atoms with Crippen LogP contribution in [-0.4, -0.2) is 9.55 Å². The Morgan fingerprint density at radius 3 is 2.79 bits per heavy atom. The first-order valence-corrected chi connectivity index (χ1v) is 8.84. The Hall–Kier alpha value is -1.78. The lowest BCUT2D eigenvalue weighted by Crippen LogP contribution is -2.12. The van der Waals surface area contributed by atoms with Crippen molar-refractivity contribution in [3.05, 3.63) is 69.9 Å². The molecule has 1 heterocycles. The maximum Gasteiger partial charge on any atom is 0.153 e. The number of para-hydroxylation sites is 2. The molecule has 0 saturated heterocycles. The lowest BCUT2D eigenvalue weighted by Gasteiger charge is -2.17. The fourth-order valence-corrected chi connectivity index (χ4v) is 3.06. The maximum absolute atomic E-state index is 6.10. The molecule has 0 spiro atoms.